The van der Waals surface area contributed by atoms with Crippen LogP contribution in [0.15, 0.2) is 48.5 Å². The standard InChI is InChI=1S/C19H20ClNO4/c1-2-24-19(23)15-5-9-17(10-6-15)25-13-18(22)21-12-11-14-3-7-16(20)8-4-14/h3-10H,2,11-13H2,1H3,(H,21,22). The fourth-order valence-electron chi connectivity index (χ4n) is 2.10. The van der Waals surface area contributed by atoms with Gasteiger partial charge < -0.3 is 14.8 Å². The van der Waals surface area contributed by atoms with E-state index in [0.717, 1.165) is 12.0 Å². The fraction of sp³-hybridized carbons (Fsp3) is 0.263. The largest absolute Gasteiger partial charge is 0.484 e. The highest BCUT2D eigenvalue weighted by Gasteiger charge is 2.07. The average molecular weight is 362 g/mol. The van der Waals surface area contributed by atoms with Crippen LogP contribution in [0.4, 0.5) is 0 Å². The van der Waals surface area contributed by atoms with Crippen LogP contribution in [0, 0.1) is 0 Å². The van der Waals surface area contributed by atoms with Crippen molar-refractivity contribution in [3.8, 4) is 5.75 Å². The van der Waals surface area contributed by atoms with E-state index in [2.05, 4.69) is 5.32 Å². The van der Waals surface area contributed by atoms with Crippen LogP contribution in [0.3, 0.4) is 0 Å². The van der Waals surface area contributed by atoms with Gasteiger partial charge in [0.05, 0.1) is 12.2 Å². The number of nitrogens with one attached hydrogen (secondary N) is 1. The molecular formula is C19H20ClNO4. The van der Waals surface area contributed by atoms with Gasteiger partial charge in [-0.25, -0.2) is 4.79 Å². The Balaban J connectivity index is 1.70. The Hall–Kier alpha value is -2.53. The molecule has 0 saturated heterocycles. The lowest BCUT2D eigenvalue weighted by Crippen LogP contribution is -2.30. The molecule has 6 heteroatoms. The van der Waals surface area contributed by atoms with Crippen molar-refractivity contribution in [3.05, 3.63) is 64.7 Å². The van der Waals surface area contributed by atoms with Gasteiger partial charge in [-0.1, -0.05) is 23.7 Å². The third kappa shape index (κ3) is 6.47. The van der Waals surface area contributed by atoms with Crippen molar-refractivity contribution >= 4 is 23.5 Å². The normalized spacial score (nSPS) is 10.2. The number of amides is 1. The molecule has 1 N–H and O–H groups in total. The molecule has 2 rings (SSSR count). The maximum Gasteiger partial charge on any atom is 0.338 e. The molecule has 0 aromatic heterocycles. The lowest BCUT2D eigenvalue weighted by molar-refractivity contribution is -0.123. The first-order valence-electron chi connectivity index (χ1n) is 7.99. The highest BCUT2D eigenvalue weighted by atomic mass is 35.5. The Morgan fingerprint density at radius 3 is 2.36 bits per heavy atom. The van der Waals surface area contributed by atoms with Crippen LogP contribution in [0.25, 0.3) is 0 Å². The molecule has 1 amide bonds. The van der Waals surface area contributed by atoms with Gasteiger partial charge >= 0.3 is 5.97 Å². The number of carbonyl (C=O) groups is 2. The van der Waals surface area contributed by atoms with Crippen LogP contribution < -0.4 is 10.1 Å². The minimum Gasteiger partial charge on any atom is -0.484 e. The third-order valence-electron chi connectivity index (χ3n) is 3.38. The van der Waals surface area contributed by atoms with Crippen molar-refractivity contribution < 1.29 is 19.1 Å². The fourth-order valence-corrected chi connectivity index (χ4v) is 2.22. The summed E-state index contributed by atoms with van der Waals surface area (Å²) in [6, 6.07) is 14.0. The number of rotatable bonds is 8. The molecule has 2 aromatic carbocycles. The molecule has 0 radical (unpaired) electrons. The molecule has 25 heavy (non-hydrogen) atoms. The number of carbonyl (C=O) groups excluding carboxylic acids is 2. The van der Waals surface area contributed by atoms with Gasteiger partial charge in [-0.05, 0) is 55.3 Å². The molecule has 0 heterocycles. The zero-order valence-electron chi connectivity index (χ0n) is 14.0. The smallest absolute Gasteiger partial charge is 0.338 e. The second-order valence-corrected chi connectivity index (χ2v) is 5.70. The van der Waals surface area contributed by atoms with Gasteiger partial charge in [-0.15, -0.1) is 0 Å². The minimum absolute atomic E-state index is 0.0840. The molecular weight excluding hydrogens is 342 g/mol. The van der Waals surface area contributed by atoms with Crippen LogP contribution >= 0.6 is 11.6 Å². The van der Waals surface area contributed by atoms with Gasteiger partial charge in [-0.3, -0.25) is 4.79 Å². The summed E-state index contributed by atoms with van der Waals surface area (Å²) < 4.78 is 10.3. The summed E-state index contributed by atoms with van der Waals surface area (Å²) in [6.45, 7) is 2.51. The maximum absolute atomic E-state index is 11.8. The molecule has 2 aromatic rings. The topological polar surface area (TPSA) is 64.6 Å². The van der Waals surface area contributed by atoms with Gasteiger partial charge in [0.2, 0.25) is 0 Å². The number of benzene rings is 2. The Labute approximate surface area is 151 Å². The van der Waals surface area contributed by atoms with Gasteiger partial charge in [0.15, 0.2) is 6.61 Å². The van der Waals surface area contributed by atoms with Crippen molar-refractivity contribution in [3.63, 3.8) is 0 Å². The van der Waals surface area contributed by atoms with E-state index in [4.69, 9.17) is 21.1 Å². The summed E-state index contributed by atoms with van der Waals surface area (Å²) in [5, 5.41) is 3.48. The summed E-state index contributed by atoms with van der Waals surface area (Å²) >= 11 is 5.83. The van der Waals surface area contributed by atoms with E-state index < -0.39 is 0 Å². The molecule has 0 saturated carbocycles. The number of esters is 1. The van der Waals surface area contributed by atoms with Crippen molar-refractivity contribution in [2.24, 2.45) is 0 Å². The average Bonchev–Trinajstić information content (AvgIpc) is 2.62. The minimum atomic E-state index is -0.381. The zero-order chi connectivity index (χ0) is 18.1. The Bertz CT molecular complexity index is 698. The first kappa shape index (κ1) is 18.8. The SMILES string of the molecule is CCOC(=O)c1ccc(OCC(=O)NCCc2ccc(Cl)cc2)cc1. The van der Waals surface area contributed by atoms with Gasteiger partial charge in [0.1, 0.15) is 5.75 Å². The molecule has 0 aliphatic carbocycles. The van der Waals surface area contributed by atoms with Crippen molar-refractivity contribution in [1.29, 1.82) is 0 Å². The lowest BCUT2D eigenvalue weighted by Gasteiger charge is -2.08. The highest BCUT2D eigenvalue weighted by molar-refractivity contribution is 6.30. The van der Waals surface area contributed by atoms with Crippen LogP contribution in [-0.4, -0.2) is 31.6 Å². The van der Waals surface area contributed by atoms with Crippen molar-refractivity contribution in [2.45, 2.75) is 13.3 Å². The molecule has 5 nitrogen and oxygen atoms in total. The second kappa shape index (κ2) is 9.69. The van der Waals surface area contributed by atoms with Gasteiger partial charge in [0, 0.05) is 11.6 Å². The van der Waals surface area contributed by atoms with Crippen molar-refractivity contribution in [2.75, 3.05) is 19.8 Å². The number of hydrogen-bond acceptors (Lipinski definition) is 4. The summed E-state index contributed by atoms with van der Waals surface area (Å²) in [6.07, 6.45) is 0.719. The number of hydrogen-bond donors (Lipinski definition) is 1. The Kier molecular flexibility index (Phi) is 7.29. The van der Waals surface area contributed by atoms with Gasteiger partial charge in [-0.2, -0.15) is 0 Å². The van der Waals surface area contributed by atoms with Crippen LogP contribution in [0.1, 0.15) is 22.8 Å². The Morgan fingerprint density at radius 2 is 1.72 bits per heavy atom. The summed E-state index contributed by atoms with van der Waals surface area (Å²) in [5.41, 5.74) is 1.54. The van der Waals surface area contributed by atoms with E-state index in [0.29, 0.717) is 29.5 Å². The van der Waals surface area contributed by atoms with Crippen LogP contribution in [0.2, 0.25) is 5.02 Å². The van der Waals surface area contributed by atoms with E-state index in [9.17, 15) is 9.59 Å². The maximum atomic E-state index is 11.8. The molecule has 0 fully saturated rings. The molecule has 0 atom stereocenters. The molecule has 0 aliphatic rings. The van der Waals surface area contributed by atoms with E-state index >= 15 is 0 Å². The molecule has 0 unspecified atom stereocenters. The molecule has 0 aliphatic heterocycles. The van der Waals surface area contributed by atoms with E-state index in [1.165, 1.54) is 0 Å². The van der Waals surface area contributed by atoms with E-state index in [-0.39, 0.29) is 18.5 Å². The predicted octanol–water partition coefficient (Wildman–Crippen LogP) is 3.25. The van der Waals surface area contributed by atoms with E-state index in [1.807, 2.05) is 24.3 Å². The van der Waals surface area contributed by atoms with E-state index in [1.54, 1.807) is 31.2 Å². The van der Waals surface area contributed by atoms with Gasteiger partial charge in [0.25, 0.3) is 5.91 Å². The number of halogens is 1. The quantitative estimate of drug-likeness (QED) is 0.733. The zero-order valence-corrected chi connectivity index (χ0v) is 14.7. The van der Waals surface area contributed by atoms with Crippen LogP contribution in [-0.2, 0) is 16.0 Å². The monoisotopic (exact) mass is 361 g/mol. The first-order chi connectivity index (χ1) is 12.1. The predicted molar refractivity (Wildman–Crippen MR) is 96.1 cm³/mol. The first-order valence-corrected chi connectivity index (χ1v) is 8.37. The summed E-state index contributed by atoms with van der Waals surface area (Å²) in [7, 11) is 0. The lowest BCUT2D eigenvalue weighted by atomic mass is 10.1. The molecule has 132 valence electrons. The molecule has 0 spiro atoms. The van der Waals surface area contributed by atoms with Crippen LogP contribution in [0.5, 0.6) is 5.75 Å². The number of ether oxygens (including phenoxy) is 2. The summed E-state index contributed by atoms with van der Waals surface area (Å²) in [5.74, 6) is -0.0710. The second-order valence-electron chi connectivity index (χ2n) is 5.26. The Morgan fingerprint density at radius 1 is 1.04 bits per heavy atom. The van der Waals surface area contributed by atoms with Crippen molar-refractivity contribution in [1.82, 2.24) is 5.32 Å². The highest BCUT2D eigenvalue weighted by Crippen LogP contribution is 2.13. The molecule has 0 bridgehead atoms. The summed E-state index contributed by atoms with van der Waals surface area (Å²) in [4.78, 5) is 23.3. The third-order valence-corrected chi connectivity index (χ3v) is 3.64.